The minimum atomic E-state index is -0.202. The third-order valence-corrected chi connectivity index (χ3v) is 4.87. The fourth-order valence-corrected chi connectivity index (χ4v) is 3.20. The standard InChI is InChI=1S/C21H23N3O3/c1-13-5-7-16(10-14(13)2)27-12-20(25)22-15-6-8-17-18(11-15)24-21(23-17)19-4-3-9-26-19/h5-8,10-11,19H,3-4,9,12H2,1-2H3,(H,22,25)(H,23,24). The molecule has 1 amide bonds. The van der Waals surface area contributed by atoms with Gasteiger partial charge in [-0.2, -0.15) is 0 Å². The Balaban J connectivity index is 1.39. The number of amides is 1. The number of carbonyl (C=O) groups excluding carboxylic acids is 1. The second kappa shape index (κ2) is 7.40. The molecule has 0 bridgehead atoms. The molecule has 2 heterocycles. The highest BCUT2D eigenvalue weighted by molar-refractivity contribution is 5.94. The molecular weight excluding hydrogens is 342 g/mol. The van der Waals surface area contributed by atoms with Crippen LogP contribution < -0.4 is 10.1 Å². The van der Waals surface area contributed by atoms with E-state index in [1.807, 2.05) is 50.2 Å². The molecule has 27 heavy (non-hydrogen) atoms. The number of rotatable bonds is 5. The van der Waals surface area contributed by atoms with Crippen LogP contribution in [0, 0.1) is 13.8 Å². The summed E-state index contributed by atoms with van der Waals surface area (Å²) in [7, 11) is 0. The van der Waals surface area contributed by atoms with Crippen LogP contribution in [0.4, 0.5) is 5.69 Å². The van der Waals surface area contributed by atoms with Crippen LogP contribution in [0.3, 0.4) is 0 Å². The van der Waals surface area contributed by atoms with E-state index in [2.05, 4.69) is 15.3 Å². The van der Waals surface area contributed by atoms with E-state index in [4.69, 9.17) is 9.47 Å². The molecule has 3 aromatic rings. The molecule has 1 aliphatic rings. The molecule has 6 heteroatoms. The van der Waals surface area contributed by atoms with Crippen LogP contribution in [-0.2, 0) is 9.53 Å². The van der Waals surface area contributed by atoms with Crippen LogP contribution in [0.15, 0.2) is 36.4 Å². The number of hydrogen-bond donors (Lipinski definition) is 2. The largest absolute Gasteiger partial charge is 0.484 e. The molecule has 0 radical (unpaired) electrons. The number of hydrogen-bond acceptors (Lipinski definition) is 4. The Morgan fingerprint density at radius 2 is 2.15 bits per heavy atom. The average Bonchev–Trinajstić information content (AvgIpc) is 3.31. The van der Waals surface area contributed by atoms with Gasteiger partial charge in [0.05, 0.1) is 11.0 Å². The van der Waals surface area contributed by atoms with Crippen LogP contribution in [0.1, 0.15) is 35.9 Å². The molecular formula is C21H23N3O3. The van der Waals surface area contributed by atoms with Gasteiger partial charge < -0.3 is 19.8 Å². The Morgan fingerprint density at radius 1 is 1.26 bits per heavy atom. The first-order valence-corrected chi connectivity index (χ1v) is 9.20. The Bertz CT molecular complexity index is 974. The predicted octanol–water partition coefficient (Wildman–Crippen LogP) is 4.05. The van der Waals surface area contributed by atoms with Crippen LogP contribution in [0.5, 0.6) is 5.75 Å². The second-order valence-corrected chi connectivity index (χ2v) is 6.94. The highest BCUT2D eigenvalue weighted by Crippen LogP contribution is 2.28. The highest BCUT2D eigenvalue weighted by atomic mass is 16.5. The average molecular weight is 365 g/mol. The van der Waals surface area contributed by atoms with Crippen molar-refractivity contribution in [2.45, 2.75) is 32.8 Å². The van der Waals surface area contributed by atoms with Gasteiger partial charge in [0.1, 0.15) is 17.7 Å². The number of ether oxygens (including phenoxy) is 2. The molecule has 0 saturated carbocycles. The van der Waals surface area contributed by atoms with Gasteiger partial charge in [-0.15, -0.1) is 0 Å². The van der Waals surface area contributed by atoms with Gasteiger partial charge in [-0.25, -0.2) is 4.98 Å². The summed E-state index contributed by atoms with van der Waals surface area (Å²) in [5.41, 5.74) is 4.79. The Morgan fingerprint density at radius 3 is 2.93 bits per heavy atom. The van der Waals surface area contributed by atoms with Crippen molar-refractivity contribution in [3.63, 3.8) is 0 Å². The fourth-order valence-electron chi connectivity index (χ4n) is 3.20. The molecule has 140 valence electrons. The van der Waals surface area contributed by atoms with E-state index in [1.54, 1.807) is 0 Å². The van der Waals surface area contributed by atoms with Crippen molar-refractivity contribution >= 4 is 22.6 Å². The smallest absolute Gasteiger partial charge is 0.262 e. The lowest BCUT2D eigenvalue weighted by Gasteiger charge is -2.09. The quantitative estimate of drug-likeness (QED) is 0.715. The number of benzene rings is 2. The number of nitrogens with one attached hydrogen (secondary N) is 2. The molecule has 2 N–H and O–H groups in total. The van der Waals surface area contributed by atoms with Crippen molar-refractivity contribution < 1.29 is 14.3 Å². The molecule has 1 aliphatic heterocycles. The van der Waals surface area contributed by atoms with Gasteiger partial charge in [0.25, 0.3) is 5.91 Å². The lowest BCUT2D eigenvalue weighted by atomic mass is 10.1. The van der Waals surface area contributed by atoms with Crippen molar-refractivity contribution in [3.8, 4) is 5.75 Å². The molecule has 0 aliphatic carbocycles. The summed E-state index contributed by atoms with van der Waals surface area (Å²) in [6.07, 6.45) is 2.09. The van der Waals surface area contributed by atoms with Crippen molar-refractivity contribution in [1.29, 1.82) is 0 Å². The highest BCUT2D eigenvalue weighted by Gasteiger charge is 2.21. The normalized spacial score (nSPS) is 16.6. The SMILES string of the molecule is Cc1ccc(OCC(=O)Nc2ccc3nc(C4CCCO4)[nH]c3c2)cc1C. The number of anilines is 1. The Labute approximate surface area is 157 Å². The first-order valence-electron chi connectivity index (χ1n) is 9.20. The molecule has 1 aromatic heterocycles. The van der Waals surface area contributed by atoms with Crippen molar-refractivity contribution in [3.05, 3.63) is 53.3 Å². The van der Waals surface area contributed by atoms with Crippen molar-refractivity contribution in [1.82, 2.24) is 9.97 Å². The maximum absolute atomic E-state index is 12.2. The third kappa shape index (κ3) is 3.95. The number of aryl methyl sites for hydroxylation is 2. The van der Waals surface area contributed by atoms with E-state index in [0.29, 0.717) is 11.4 Å². The van der Waals surface area contributed by atoms with Crippen molar-refractivity contribution in [2.24, 2.45) is 0 Å². The van der Waals surface area contributed by atoms with E-state index >= 15 is 0 Å². The number of imidazole rings is 1. The summed E-state index contributed by atoms with van der Waals surface area (Å²) >= 11 is 0. The first kappa shape index (κ1) is 17.5. The number of nitrogens with zero attached hydrogens (tertiary/aromatic N) is 1. The Kier molecular flexibility index (Phi) is 4.81. The zero-order chi connectivity index (χ0) is 18.8. The maximum Gasteiger partial charge on any atom is 0.262 e. The summed E-state index contributed by atoms with van der Waals surface area (Å²) in [6, 6.07) is 11.4. The number of aromatic nitrogens is 2. The number of H-pyrrole nitrogens is 1. The van der Waals surface area contributed by atoms with E-state index in [9.17, 15) is 4.79 Å². The molecule has 0 spiro atoms. The van der Waals surface area contributed by atoms with Gasteiger partial charge in [0.15, 0.2) is 6.61 Å². The zero-order valence-corrected chi connectivity index (χ0v) is 15.5. The van der Waals surface area contributed by atoms with E-state index < -0.39 is 0 Å². The molecule has 1 saturated heterocycles. The molecule has 1 unspecified atom stereocenters. The topological polar surface area (TPSA) is 76.2 Å². The minimum absolute atomic E-state index is 0.0370. The lowest BCUT2D eigenvalue weighted by molar-refractivity contribution is -0.118. The van der Waals surface area contributed by atoms with Crippen LogP contribution in [0.25, 0.3) is 11.0 Å². The minimum Gasteiger partial charge on any atom is -0.484 e. The maximum atomic E-state index is 12.2. The lowest BCUT2D eigenvalue weighted by Crippen LogP contribution is -2.20. The van der Waals surface area contributed by atoms with E-state index in [0.717, 1.165) is 41.9 Å². The first-order chi connectivity index (χ1) is 13.1. The Hall–Kier alpha value is -2.86. The van der Waals surface area contributed by atoms with Crippen molar-refractivity contribution in [2.75, 3.05) is 18.5 Å². The van der Waals surface area contributed by atoms with Crippen LogP contribution in [-0.4, -0.2) is 29.1 Å². The van der Waals surface area contributed by atoms with Gasteiger partial charge in [-0.1, -0.05) is 6.07 Å². The van der Waals surface area contributed by atoms with Gasteiger partial charge in [0.2, 0.25) is 0 Å². The van der Waals surface area contributed by atoms with Crippen LogP contribution in [0.2, 0.25) is 0 Å². The van der Waals surface area contributed by atoms with Gasteiger partial charge in [0, 0.05) is 12.3 Å². The third-order valence-electron chi connectivity index (χ3n) is 4.87. The predicted molar refractivity (Wildman–Crippen MR) is 104 cm³/mol. The van der Waals surface area contributed by atoms with Crippen LogP contribution >= 0.6 is 0 Å². The number of aromatic amines is 1. The second-order valence-electron chi connectivity index (χ2n) is 6.94. The number of carbonyl (C=O) groups is 1. The molecule has 6 nitrogen and oxygen atoms in total. The summed E-state index contributed by atoms with van der Waals surface area (Å²) in [4.78, 5) is 20.1. The summed E-state index contributed by atoms with van der Waals surface area (Å²) in [5.74, 6) is 1.34. The molecule has 2 aromatic carbocycles. The summed E-state index contributed by atoms with van der Waals surface area (Å²) in [6.45, 7) is 4.81. The molecule has 4 rings (SSSR count). The number of fused-ring (bicyclic) bond motifs is 1. The monoisotopic (exact) mass is 365 g/mol. The van der Waals surface area contributed by atoms with Gasteiger partial charge in [-0.3, -0.25) is 4.79 Å². The molecule has 1 fully saturated rings. The molecule has 1 atom stereocenters. The van der Waals surface area contributed by atoms with Gasteiger partial charge in [-0.05, 0) is 68.1 Å². The summed E-state index contributed by atoms with van der Waals surface area (Å²) < 4.78 is 11.3. The van der Waals surface area contributed by atoms with E-state index in [-0.39, 0.29) is 18.6 Å². The zero-order valence-electron chi connectivity index (χ0n) is 15.5. The van der Waals surface area contributed by atoms with Gasteiger partial charge >= 0.3 is 0 Å². The fraction of sp³-hybridized carbons (Fsp3) is 0.333. The summed E-state index contributed by atoms with van der Waals surface area (Å²) in [5, 5.41) is 2.87. The van der Waals surface area contributed by atoms with E-state index in [1.165, 1.54) is 5.56 Å².